The summed E-state index contributed by atoms with van der Waals surface area (Å²) in [5.74, 6) is 0. The van der Waals surface area contributed by atoms with E-state index in [0.717, 1.165) is 77.0 Å². The van der Waals surface area contributed by atoms with Crippen LogP contribution in [0.15, 0.2) is 0 Å². The van der Waals surface area contributed by atoms with Gasteiger partial charge in [0.05, 0.1) is 0 Å². The maximum absolute atomic E-state index is 11.7. The Bertz CT molecular complexity index is 1060. The second kappa shape index (κ2) is 118. The van der Waals surface area contributed by atoms with Gasteiger partial charge in [0.15, 0.2) is 0 Å². The van der Waals surface area contributed by atoms with Gasteiger partial charge in [-0.25, -0.2) is 0 Å². The SMILES string of the molecule is CCCCCCCCCCCCCO[P+](=O)OCCCCCCCCCCCCC.CCCCCCCCCCCCCO[P+](=O)OCCCCCCCCCCCCC.CCCCCCCC[O-].CCCCCCCC[O-].CCCCCCCC[O-].CCCCCCCC[O-].[Ti+4]. The van der Waals surface area contributed by atoms with Crippen molar-refractivity contribution < 1.29 is 69.4 Å². The average Bonchev–Trinajstić information content (AvgIpc) is 3.73. The summed E-state index contributed by atoms with van der Waals surface area (Å²) in [6.45, 7) is 20.6. The number of unbranched alkanes of at least 4 members (excludes halogenated alkanes) is 60. The first-order chi connectivity index (χ1) is 47.3. The van der Waals surface area contributed by atoms with Crippen molar-refractivity contribution in [3.05, 3.63) is 0 Å². The Morgan fingerprint density at radius 1 is 0.165 bits per heavy atom. The molecular formula is C84H176O10P2Ti+2. The third kappa shape index (κ3) is 133. The van der Waals surface area contributed by atoms with Gasteiger partial charge >= 0.3 is 38.2 Å². The Morgan fingerprint density at radius 2 is 0.258 bits per heavy atom. The van der Waals surface area contributed by atoms with Gasteiger partial charge in [-0.3, -0.25) is 0 Å². The molecule has 97 heavy (non-hydrogen) atoms. The molecule has 0 saturated carbocycles. The molecule has 10 nitrogen and oxygen atoms in total. The van der Waals surface area contributed by atoms with Crippen molar-refractivity contribution in [1.82, 2.24) is 0 Å². The summed E-state index contributed by atoms with van der Waals surface area (Å²) in [4.78, 5) is 0. The molecule has 0 aromatic carbocycles. The largest absolute Gasteiger partial charge is 4.00 e. The second-order valence-electron chi connectivity index (χ2n) is 27.8. The topological polar surface area (TPSA) is 163 Å². The predicted octanol–water partition coefficient (Wildman–Crippen LogP) is 27.4. The summed E-state index contributed by atoms with van der Waals surface area (Å²) < 4.78 is 44.7. The van der Waals surface area contributed by atoms with Crippen molar-refractivity contribution in [3.63, 3.8) is 0 Å². The molecule has 0 aliphatic rings. The first-order valence-corrected chi connectivity index (χ1v) is 45.3. The molecule has 0 fully saturated rings. The minimum absolute atomic E-state index is 0. The second-order valence-corrected chi connectivity index (χ2v) is 29.7. The van der Waals surface area contributed by atoms with E-state index in [1.54, 1.807) is 0 Å². The first-order valence-electron chi connectivity index (χ1n) is 43.1. The van der Waals surface area contributed by atoms with Gasteiger partial charge < -0.3 is 20.4 Å². The monoisotopic (exact) mass is 1460 g/mol. The zero-order valence-corrected chi connectivity index (χ0v) is 70.6. The summed E-state index contributed by atoms with van der Waals surface area (Å²) in [5.41, 5.74) is 0. The molecule has 0 aromatic rings. The van der Waals surface area contributed by atoms with E-state index in [2.05, 4.69) is 55.4 Å². The molecule has 0 aromatic heterocycles. The normalized spacial score (nSPS) is 10.7. The summed E-state index contributed by atoms with van der Waals surface area (Å²) in [5, 5.41) is 39.9. The molecule has 0 bridgehead atoms. The van der Waals surface area contributed by atoms with E-state index in [0.29, 0.717) is 26.4 Å². The molecule has 0 saturated heterocycles. The van der Waals surface area contributed by atoms with Crippen LogP contribution in [0.2, 0.25) is 0 Å². The molecule has 584 valence electrons. The summed E-state index contributed by atoms with van der Waals surface area (Å²) >= 11 is 0. The van der Waals surface area contributed by atoms with E-state index in [1.165, 1.54) is 360 Å². The van der Waals surface area contributed by atoms with Gasteiger partial charge in [-0.05, 0) is 25.7 Å². The van der Waals surface area contributed by atoms with Gasteiger partial charge in [0.1, 0.15) is 26.4 Å². The van der Waals surface area contributed by atoms with E-state index < -0.39 is 16.5 Å². The van der Waals surface area contributed by atoms with Gasteiger partial charge in [0.2, 0.25) is 0 Å². The van der Waals surface area contributed by atoms with Crippen molar-refractivity contribution >= 4 is 16.5 Å². The van der Waals surface area contributed by atoms with E-state index in [9.17, 15) is 29.6 Å². The molecule has 0 amide bonds. The van der Waals surface area contributed by atoms with Crippen molar-refractivity contribution in [2.24, 2.45) is 0 Å². The minimum atomic E-state index is -1.91. The maximum Gasteiger partial charge on any atom is 4.00 e. The summed E-state index contributed by atoms with van der Waals surface area (Å²) in [7, 11) is -3.81. The van der Waals surface area contributed by atoms with E-state index >= 15 is 0 Å². The molecule has 0 aliphatic heterocycles. The third-order valence-corrected chi connectivity index (χ3v) is 19.3. The quantitative estimate of drug-likeness (QED) is 0.0325. The molecule has 0 unspecified atom stereocenters. The van der Waals surface area contributed by atoms with Crippen molar-refractivity contribution in [1.29, 1.82) is 0 Å². The molecule has 0 aliphatic carbocycles. The Labute approximate surface area is 626 Å². The van der Waals surface area contributed by atoms with Crippen LogP contribution in [0.25, 0.3) is 0 Å². The summed E-state index contributed by atoms with van der Waals surface area (Å²) in [6.07, 6.45) is 86.8. The van der Waals surface area contributed by atoms with Crippen LogP contribution in [0, 0.1) is 0 Å². The van der Waals surface area contributed by atoms with Gasteiger partial charge in [-0.1, -0.05) is 466 Å². The Morgan fingerprint density at radius 3 is 0.361 bits per heavy atom. The third-order valence-electron chi connectivity index (χ3n) is 17.8. The standard InChI is InChI=1S/2C26H54O3P.4C8H17O.Ti/c2*1-3-5-7-9-11-13-15-17-19-21-23-25-28-30(27)29-26-24-22-20-18-16-14-12-10-8-6-4-2;4*1-2-3-4-5-6-7-8-9;/h2*3-26H2,1-2H3;4*2-8H2,1H3;/q2*+1;4*-1;+4. The molecule has 0 spiro atoms. The molecule has 0 heterocycles. The average molecular weight is 1460 g/mol. The van der Waals surface area contributed by atoms with Crippen molar-refractivity contribution in [3.8, 4) is 0 Å². The molecule has 0 radical (unpaired) electrons. The number of hydrogen-bond acceptors (Lipinski definition) is 10. The Balaban J connectivity index is -0.000000221. The van der Waals surface area contributed by atoms with Crippen LogP contribution in [0.4, 0.5) is 0 Å². The molecule has 0 rings (SSSR count). The first kappa shape index (κ1) is 111. The van der Waals surface area contributed by atoms with Gasteiger partial charge in [0.25, 0.3) is 0 Å². The fourth-order valence-corrected chi connectivity index (χ4v) is 12.5. The van der Waals surface area contributed by atoms with E-state index in [1.807, 2.05) is 0 Å². The van der Waals surface area contributed by atoms with Crippen LogP contribution >= 0.6 is 16.5 Å². The Kier molecular flexibility index (Phi) is 135. The van der Waals surface area contributed by atoms with E-state index in [4.69, 9.17) is 18.1 Å². The molecule has 0 atom stereocenters. The predicted molar refractivity (Wildman–Crippen MR) is 418 cm³/mol. The van der Waals surface area contributed by atoms with Crippen LogP contribution in [0.3, 0.4) is 0 Å². The van der Waals surface area contributed by atoms with Crippen LogP contribution in [-0.4, -0.2) is 52.9 Å². The van der Waals surface area contributed by atoms with Crippen LogP contribution in [-0.2, 0) is 48.9 Å². The summed E-state index contributed by atoms with van der Waals surface area (Å²) in [6, 6.07) is 0. The Hall–Kier alpha value is 0.594. The zero-order chi connectivity index (χ0) is 71.7. The molecular weight excluding hydrogens is 1280 g/mol. The van der Waals surface area contributed by atoms with Gasteiger partial charge in [0, 0.05) is 9.13 Å². The van der Waals surface area contributed by atoms with Crippen LogP contribution in [0.5, 0.6) is 0 Å². The molecule has 0 N–H and O–H groups in total. The minimum Gasteiger partial charge on any atom is -0.854 e. The number of rotatable bonds is 76. The van der Waals surface area contributed by atoms with Gasteiger partial charge in [-0.15, -0.1) is 44.5 Å². The van der Waals surface area contributed by atoms with Crippen molar-refractivity contribution in [2.45, 2.75) is 492 Å². The fraction of sp³-hybridized carbons (Fsp3) is 1.00. The fourth-order valence-electron chi connectivity index (χ4n) is 11.2. The maximum atomic E-state index is 11.7. The van der Waals surface area contributed by atoms with Crippen LogP contribution < -0.4 is 20.4 Å². The van der Waals surface area contributed by atoms with Crippen LogP contribution in [0.1, 0.15) is 492 Å². The number of hydrogen-bond donors (Lipinski definition) is 0. The van der Waals surface area contributed by atoms with Crippen molar-refractivity contribution in [2.75, 3.05) is 52.9 Å². The zero-order valence-electron chi connectivity index (χ0n) is 67.2. The molecule has 13 heteroatoms. The smallest absolute Gasteiger partial charge is 0.854 e. The van der Waals surface area contributed by atoms with Gasteiger partial charge in [-0.2, -0.15) is 0 Å². The van der Waals surface area contributed by atoms with E-state index in [-0.39, 0.29) is 48.1 Å².